The van der Waals surface area contributed by atoms with Crippen molar-refractivity contribution in [3.63, 3.8) is 0 Å². The van der Waals surface area contributed by atoms with Gasteiger partial charge in [-0.2, -0.15) is 0 Å². The monoisotopic (exact) mass is 364 g/mol. The minimum atomic E-state index is 0.576. The first-order valence-corrected chi connectivity index (χ1v) is 8.60. The molecule has 5 heteroatoms. The number of hydrogen-bond donors (Lipinski definition) is 0. The SMILES string of the molecule is COc1cc(-c2cncc(-c3cccc(N(C)C)c3)c2)cc(OC)c1OC. The third-order valence-corrected chi connectivity index (χ3v) is 4.43. The molecule has 0 aliphatic heterocycles. The summed E-state index contributed by atoms with van der Waals surface area (Å²) >= 11 is 0. The summed E-state index contributed by atoms with van der Waals surface area (Å²) in [6, 6.07) is 14.3. The Morgan fingerprint density at radius 3 is 1.89 bits per heavy atom. The van der Waals surface area contributed by atoms with E-state index in [1.54, 1.807) is 21.3 Å². The van der Waals surface area contributed by atoms with Gasteiger partial charge >= 0.3 is 0 Å². The van der Waals surface area contributed by atoms with E-state index in [9.17, 15) is 0 Å². The summed E-state index contributed by atoms with van der Waals surface area (Å²) in [7, 11) is 8.89. The van der Waals surface area contributed by atoms with Crippen molar-refractivity contribution in [2.24, 2.45) is 0 Å². The van der Waals surface area contributed by atoms with E-state index in [0.717, 1.165) is 27.9 Å². The molecule has 0 bridgehead atoms. The van der Waals surface area contributed by atoms with Crippen LogP contribution in [0.5, 0.6) is 17.2 Å². The predicted octanol–water partition coefficient (Wildman–Crippen LogP) is 4.51. The van der Waals surface area contributed by atoms with Gasteiger partial charge in [0.15, 0.2) is 11.5 Å². The van der Waals surface area contributed by atoms with Gasteiger partial charge in [0, 0.05) is 43.3 Å². The molecule has 1 heterocycles. The third kappa shape index (κ3) is 3.82. The van der Waals surface area contributed by atoms with Gasteiger partial charge in [0.1, 0.15) is 0 Å². The van der Waals surface area contributed by atoms with Crippen molar-refractivity contribution in [2.75, 3.05) is 40.3 Å². The van der Waals surface area contributed by atoms with Crippen LogP contribution < -0.4 is 19.1 Å². The summed E-state index contributed by atoms with van der Waals surface area (Å²) in [6.07, 6.45) is 3.70. The lowest BCUT2D eigenvalue weighted by molar-refractivity contribution is 0.324. The highest BCUT2D eigenvalue weighted by atomic mass is 16.5. The summed E-state index contributed by atoms with van der Waals surface area (Å²) in [6.45, 7) is 0. The standard InChI is InChI=1S/C22H24N2O3/c1-24(2)19-8-6-7-15(10-19)17-9-18(14-23-13-17)16-11-20(25-3)22(27-5)21(12-16)26-4/h6-14H,1-5H3. The van der Waals surface area contributed by atoms with Gasteiger partial charge in [-0.3, -0.25) is 4.98 Å². The molecule has 0 fully saturated rings. The van der Waals surface area contributed by atoms with E-state index in [4.69, 9.17) is 14.2 Å². The molecule has 0 unspecified atom stereocenters. The molecule has 0 N–H and O–H groups in total. The molecule has 0 aliphatic rings. The number of hydrogen-bond acceptors (Lipinski definition) is 5. The van der Waals surface area contributed by atoms with Crippen LogP contribution in [0, 0.1) is 0 Å². The Bertz CT molecular complexity index is 913. The van der Waals surface area contributed by atoms with E-state index in [2.05, 4.69) is 40.2 Å². The highest BCUT2D eigenvalue weighted by Crippen LogP contribution is 2.41. The fourth-order valence-electron chi connectivity index (χ4n) is 2.97. The number of nitrogens with zero attached hydrogens (tertiary/aromatic N) is 2. The van der Waals surface area contributed by atoms with Crippen molar-refractivity contribution in [3.05, 3.63) is 54.9 Å². The quantitative estimate of drug-likeness (QED) is 0.644. The Hall–Kier alpha value is -3.21. The summed E-state index contributed by atoms with van der Waals surface area (Å²) in [5.41, 5.74) is 5.23. The van der Waals surface area contributed by atoms with E-state index in [-0.39, 0.29) is 0 Å². The maximum absolute atomic E-state index is 5.47. The zero-order chi connectivity index (χ0) is 19.4. The van der Waals surface area contributed by atoms with Crippen LogP contribution >= 0.6 is 0 Å². The van der Waals surface area contributed by atoms with Crippen molar-refractivity contribution < 1.29 is 14.2 Å². The second kappa shape index (κ2) is 7.99. The Kier molecular flexibility index (Phi) is 5.50. The molecule has 1 aromatic heterocycles. The maximum atomic E-state index is 5.47. The minimum absolute atomic E-state index is 0.576. The van der Waals surface area contributed by atoms with Crippen LogP contribution in [0.4, 0.5) is 5.69 Å². The van der Waals surface area contributed by atoms with Crippen LogP contribution in [0.3, 0.4) is 0 Å². The largest absolute Gasteiger partial charge is 0.493 e. The van der Waals surface area contributed by atoms with Gasteiger partial charge in [-0.15, -0.1) is 0 Å². The number of rotatable bonds is 6. The summed E-state index contributed by atoms with van der Waals surface area (Å²) in [5.74, 6) is 1.81. The Morgan fingerprint density at radius 2 is 1.33 bits per heavy atom. The zero-order valence-electron chi connectivity index (χ0n) is 16.3. The van der Waals surface area contributed by atoms with Gasteiger partial charge in [-0.1, -0.05) is 12.1 Å². The van der Waals surface area contributed by atoms with Crippen LogP contribution in [-0.4, -0.2) is 40.4 Å². The van der Waals surface area contributed by atoms with E-state index < -0.39 is 0 Å². The Labute approximate surface area is 160 Å². The van der Waals surface area contributed by atoms with Crippen LogP contribution in [0.15, 0.2) is 54.9 Å². The average Bonchev–Trinajstić information content (AvgIpc) is 2.72. The molecule has 3 rings (SSSR count). The van der Waals surface area contributed by atoms with E-state index in [1.165, 1.54) is 0 Å². The van der Waals surface area contributed by atoms with Crippen molar-refractivity contribution in [1.29, 1.82) is 0 Å². The molecule has 0 amide bonds. The van der Waals surface area contributed by atoms with Crippen LogP contribution in [-0.2, 0) is 0 Å². The van der Waals surface area contributed by atoms with E-state index in [1.807, 2.05) is 38.6 Å². The number of pyridine rings is 1. The molecular weight excluding hydrogens is 340 g/mol. The molecule has 3 aromatic rings. The molecule has 27 heavy (non-hydrogen) atoms. The molecule has 0 aliphatic carbocycles. The highest BCUT2D eigenvalue weighted by Gasteiger charge is 2.14. The van der Waals surface area contributed by atoms with Crippen molar-refractivity contribution in [1.82, 2.24) is 4.98 Å². The smallest absolute Gasteiger partial charge is 0.203 e. The van der Waals surface area contributed by atoms with Crippen molar-refractivity contribution in [2.45, 2.75) is 0 Å². The van der Waals surface area contributed by atoms with Gasteiger partial charge in [-0.05, 0) is 41.5 Å². The number of benzene rings is 2. The molecule has 140 valence electrons. The molecule has 0 spiro atoms. The fraction of sp³-hybridized carbons (Fsp3) is 0.227. The number of anilines is 1. The Morgan fingerprint density at radius 1 is 0.704 bits per heavy atom. The molecule has 0 saturated heterocycles. The molecule has 0 atom stereocenters. The fourth-order valence-corrected chi connectivity index (χ4v) is 2.97. The lowest BCUT2D eigenvalue weighted by atomic mass is 10.0. The van der Waals surface area contributed by atoms with Gasteiger partial charge in [0.05, 0.1) is 21.3 Å². The number of methoxy groups -OCH3 is 3. The normalized spacial score (nSPS) is 10.4. The van der Waals surface area contributed by atoms with Gasteiger partial charge in [-0.25, -0.2) is 0 Å². The van der Waals surface area contributed by atoms with Gasteiger partial charge in [0.2, 0.25) is 5.75 Å². The predicted molar refractivity (Wildman–Crippen MR) is 109 cm³/mol. The molecule has 0 saturated carbocycles. The number of aromatic nitrogens is 1. The van der Waals surface area contributed by atoms with E-state index in [0.29, 0.717) is 17.2 Å². The molecule has 0 radical (unpaired) electrons. The first kappa shape index (κ1) is 18.6. The minimum Gasteiger partial charge on any atom is -0.493 e. The number of ether oxygens (including phenoxy) is 3. The van der Waals surface area contributed by atoms with Gasteiger partial charge in [0.25, 0.3) is 0 Å². The van der Waals surface area contributed by atoms with Crippen LogP contribution in [0.1, 0.15) is 0 Å². The third-order valence-electron chi connectivity index (χ3n) is 4.43. The second-order valence-electron chi connectivity index (χ2n) is 6.32. The lowest BCUT2D eigenvalue weighted by Gasteiger charge is -2.15. The molecule has 2 aromatic carbocycles. The lowest BCUT2D eigenvalue weighted by Crippen LogP contribution is -2.08. The first-order chi connectivity index (χ1) is 13.1. The molecule has 5 nitrogen and oxygen atoms in total. The van der Waals surface area contributed by atoms with Crippen molar-refractivity contribution in [3.8, 4) is 39.5 Å². The maximum Gasteiger partial charge on any atom is 0.203 e. The Balaban J connectivity index is 2.07. The second-order valence-corrected chi connectivity index (χ2v) is 6.32. The summed E-state index contributed by atoms with van der Waals surface area (Å²) in [5, 5.41) is 0. The van der Waals surface area contributed by atoms with Gasteiger partial charge < -0.3 is 19.1 Å². The first-order valence-electron chi connectivity index (χ1n) is 8.60. The summed E-state index contributed by atoms with van der Waals surface area (Å²) in [4.78, 5) is 6.52. The van der Waals surface area contributed by atoms with Crippen LogP contribution in [0.25, 0.3) is 22.3 Å². The highest BCUT2D eigenvalue weighted by molar-refractivity contribution is 5.76. The van der Waals surface area contributed by atoms with E-state index >= 15 is 0 Å². The van der Waals surface area contributed by atoms with Crippen molar-refractivity contribution >= 4 is 5.69 Å². The average molecular weight is 364 g/mol. The van der Waals surface area contributed by atoms with Crippen LogP contribution in [0.2, 0.25) is 0 Å². The zero-order valence-corrected chi connectivity index (χ0v) is 16.3. The topological polar surface area (TPSA) is 43.8 Å². The summed E-state index contributed by atoms with van der Waals surface area (Å²) < 4.78 is 16.3. The molecular formula is C22H24N2O3.